The molecule has 4 heterocycles. The summed E-state index contributed by atoms with van der Waals surface area (Å²) in [6.45, 7) is 4.04. The maximum absolute atomic E-state index is 12.1. The quantitative estimate of drug-likeness (QED) is 0.752. The molecule has 0 bridgehead atoms. The van der Waals surface area contributed by atoms with Crippen molar-refractivity contribution in [2.75, 3.05) is 13.1 Å². The van der Waals surface area contributed by atoms with E-state index in [1.54, 1.807) is 6.20 Å². The first-order valence-corrected chi connectivity index (χ1v) is 9.26. The highest BCUT2D eigenvalue weighted by molar-refractivity contribution is 7.17. The van der Waals surface area contributed by atoms with Gasteiger partial charge in [-0.05, 0) is 42.8 Å². The van der Waals surface area contributed by atoms with Gasteiger partial charge in [0.1, 0.15) is 16.1 Å². The van der Waals surface area contributed by atoms with Gasteiger partial charge in [0, 0.05) is 19.3 Å². The Hall–Kier alpha value is -2.09. The fourth-order valence-corrected chi connectivity index (χ4v) is 4.01. The Morgan fingerprint density at radius 3 is 2.84 bits per heavy atom. The van der Waals surface area contributed by atoms with Crippen LogP contribution in [0.25, 0.3) is 10.2 Å². The zero-order valence-corrected chi connectivity index (χ0v) is 14.8. The molecule has 0 unspecified atom stereocenters. The number of aliphatic hydroxyl groups is 1. The minimum Gasteiger partial charge on any atom is -0.383 e. The van der Waals surface area contributed by atoms with Crippen LogP contribution in [0.3, 0.4) is 0 Å². The average molecular weight is 356 g/mol. The molecule has 3 aromatic rings. The maximum atomic E-state index is 12.1. The number of nitrogens with one attached hydrogen (secondary N) is 1. The normalized spacial score (nSPS) is 17.8. The van der Waals surface area contributed by atoms with Crippen LogP contribution >= 0.6 is 11.3 Å². The van der Waals surface area contributed by atoms with Gasteiger partial charge >= 0.3 is 0 Å². The summed E-state index contributed by atoms with van der Waals surface area (Å²) in [5.74, 6) is 0.676. The van der Waals surface area contributed by atoms with Crippen LogP contribution in [-0.4, -0.2) is 38.0 Å². The van der Waals surface area contributed by atoms with Crippen LogP contribution in [0.1, 0.15) is 29.9 Å². The molecular weight excluding hydrogens is 336 g/mol. The predicted molar refractivity (Wildman–Crippen MR) is 97.6 cm³/mol. The number of hydrogen-bond donors (Lipinski definition) is 2. The Balaban J connectivity index is 1.46. The van der Waals surface area contributed by atoms with E-state index in [9.17, 15) is 9.90 Å². The minimum atomic E-state index is -0.873. The van der Waals surface area contributed by atoms with Crippen molar-refractivity contribution in [1.29, 1.82) is 0 Å². The SMILES string of the molecule is Cc1ccc(C2(O)CCN(Cc3nc4ccsc4c(=O)[nH]3)CC2)nc1. The molecule has 0 radical (unpaired) electrons. The van der Waals surface area contributed by atoms with E-state index in [1.165, 1.54) is 11.3 Å². The molecule has 0 saturated carbocycles. The third-order valence-corrected chi connectivity index (χ3v) is 5.71. The van der Waals surface area contributed by atoms with E-state index in [-0.39, 0.29) is 5.56 Å². The molecule has 0 aliphatic carbocycles. The standard InChI is InChI=1S/C18H20N4O2S/c1-12-2-3-14(19-10-12)18(24)5-7-22(8-6-18)11-15-20-13-4-9-25-16(13)17(23)21-15/h2-4,9-10,24H,5-8,11H2,1H3,(H,20,21,23). The third-order valence-electron chi connectivity index (χ3n) is 4.81. The third kappa shape index (κ3) is 3.22. The first-order chi connectivity index (χ1) is 12.0. The number of aromatic nitrogens is 3. The summed E-state index contributed by atoms with van der Waals surface area (Å²) in [6, 6.07) is 5.77. The Bertz CT molecular complexity index is 940. The van der Waals surface area contributed by atoms with Gasteiger partial charge in [-0.3, -0.25) is 14.7 Å². The highest BCUT2D eigenvalue weighted by atomic mass is 32.1. The molecule has 1 fully saturated rings. The largest absolute Gasteiger partial charge is 0.383 e. The Labute approximate surface area is 149 Å². The van der Waals surface area contributed by atoms with E-state index in [2.05, 4.69) is 19.9 Å². The van der Waals surface area contributed by atoms with E-state index in [4.69, 9.17) is 0 Å². The van der Waals surface area contributed by atoms with Crippen molar-refractivity contribution >= 4 is 21.6 Å². The number of aryl methyl sites for hydroxylation is 1. The number of hydrogen-bond acceptors (Lipinski definition) is 6. The number of nitrogens with zero attached hydrogens (tertiary/aromatic N) is 3. The van der Waals surface area contributed by atoms with Crippen LogP contribution in [0.2, 0.25) is 0 Å². The molecule has 4 rings (SSSR count). The molecule has 0 amide bonds. The molecule has 0 atom stereocenters. The van der Waals surface area contributed by atoms with E-state index in [0.717, 1.165) is 29.9 Å². The lowest BCUT2D eigenvalue weighted by molar-refractivity contribution is -0.0315. The Morgan fingerprint density at radius 2 is 2.12 bits per heavy atom. The van der Waals surface area contributed by atoms with Crippen molar-refractivity contribution in [3.8, 4) is 0 Å². The predicted octanol–water partition coefficient (Wildman–Crippen LogP) is 2.17. The summed E-state index contributed by atoms with van der Waals surface area (Å²) < 4.78 is 0.669. The van der Waals surface area contributed by atoms with Crippen LogP contribution in [-0.2, 0) is 12.1 Å². The molecule has 0 spiro atoms. The number of pyridine rings is 1. The lowest BCUT2D eigenvalue weighted by Gasteiger charge is -2.37. The van der Waals surface area contributed by atoms with Gasteiger partial charge in [-0.2, -0.15) is 0 Å². The van der Waals surface area contributed by atoms with Crippen molar-refractivity contribution in [1.82, 2.24) is 19.9 Å². The second-order valence-electron chi connectivity index (χ2n) is 6.68. The van der Waals surface area contributed by atoms with Crippen molar-refractivity contribution in [3.05, 3.63) is 57.2 Å². The fraction of sp³-hybridized carbons (Fsp3) is 0.389. The van der Waals surface area contributed by atoms with E-state index in [0.29, 0.717) is 29.9 Å². The molecule has 0 aromatic carbocycles. The van der Waals surface area contributed by atoms with Gasteiger partial charge in [0.05, 0.1) is 17.8 Å². The molecule has 6 nitrogen and oxygen atoms in total. The molecule has 1 saturated heterocycles. The molecular formula is C18H20N4O2S. The topological polar surface area (TPSA) is 82.1 Å². The summed E-state index contributed by atoms with van der Waals surface area (Å²) >= 11 is 1.41. The first-order valence-electron chi connectivity index (χ1n) is 8.38. The van der Waals surface area contributed by atoms with Crippen LogP contribution in [0.5, 0.6) is 0 Å². The monoisotopic (exact) mass is 356 g/mol. The second-order valence-corrected chi connectivity index (χ2v) is 7.59. The van der Waals surface area contributed by atoms with E-state index in [1.807, 2.05) is 30.5 Å². The maximum Gasteiger partial charge on any atom is 0.268 e. The van der Waals surface area contributed by atoms with Gasteiger partial charge in [0.15, 0.2) is 0 Å². The van der Waals surface area contributed by atoms with Crippen LogP contribution in [0.15, 0.2) is 34.6 Å². The highest BCUT2D eigenvalue weighted by Gasteiger charge is 2.35. The molecule has 7 heteroatoms. The number of likely N-dealkylation sites (tertiary alicyclic amines) is 1. The number of fused-ring (bicyclic) bond motifs is 1. The minimum absolute atomic E-state index is 0.0765. The van der Waals surface area contributed by atoms with Crippen LogP contribution in [0.4, 0.5) is 0 Å². The van der Waals surface area contributed by atoms with Crippen LogP contribution in [0, 0.1) is 6.92 Å². The molecule has 1 aliphatic heterocycles. The lowest BCUT2D eigenvalue weighted by atomic mass is 9.87. The summed E-state index contributed by atoms with van der Waals surface area (Å²) in [5, 5.41) is 12.8. The van der Waals surface area contributed by atoms with E-state index >= 15 is 0 Å². The van der Waals surface area contributed by atoms with Gasteiger partial charge in [-0.25, -0.2) is 4.98 Å². The number of rotatable bonds is 3. The summed E-state index contributed by atoms with van der Waals surface area (Å²) in [6.07, 6.45) is 3.03. The first kappa shape index (κ1) is 16.4. The van der Waals surface area contributed by atoms with E-state index < -0.39 is 5.60 Å². The second kappa shape index (κ2) is 6.33. The Morgan fingerprint density at radius 1 is 1.32 bits per heavy atom. The summed E-state index contributed by atoms with van der Waals surface area (Å²) in [7, 11) is 0. The van der Waals surface area contributed by atoms with Gasteiger partial charge in [0.25, 0.3) is 5.56 Å². The highest BCUT2D eigenvalue weighted by Crippen LogP contribution is 2.32. The van der Waals surface area contributed by atoms with Crippen molar-refractivity contribution in [3.63, 3.8) is 0 Å². The lowest BCUT2D eigenvalue weighted by Crippen LogP contribution is -2.43. The van der Waals surface area contributed by atoms with Crippen molar-refractivity contribution < 1.29 is 5.11 Å². The van der Waals surface area contributed by atoms with Crippen LogP contribution < -0.4 is 5.56 Å². The molecule has 3 aromatic heterocycles. The van der Waals surface area contributed by atoms with Crippen molar-refractivity contribution in [2.24, 2.45) is 0 Å². The Kier molecular flexibility index (Phi) is 4.15. The smallest absolute Gasteiger partial charge is 0.268 e. The number of aromatic amines is 1. The average Bonchev–Trinajstić information content (AvgIpc) is 3.07. The molecule has 2 N–H and O–H groups in total. The molecule has 25 heavy (non-hydrogen) atoms. The summed E-state index contributed by atoms with van der Waals surface area (Å²) in [4.78, 5) is 26.1. The van der Waals surface area contributed by atoms with Gasteiger partial charge < -0.3 is 10.1 Å². The number of thiophene rings is 1. The van der Waals surface area contributed by atoms with Gasteiger partial charge in [-0.15, -0.1) is 11.3 Å². The number of H-pyrrole nitrogens is 1. The number of piperidine rings is 1. The fourth-order valence-electron chi connectivity index (χ4n) is 3.29. The molecule has 130 valence electrons. The van der Waals surface area contributed by atoms with Crippen molar-refractivity contribution in [2.45, 2.75) is 31.9 Å². The van der Waals surface area contributed by atoms with Gasteiger partial charge in [-0.1, -0.05) is 6.07 Å². The van der Waals surface area contributed by atoms with Gasteiger partial charge in [0.2, 0.25) is 0 Å². The molecule has 1 aliphatic rings. The zero-order valence-electron chi connectivity index (χ0n) is 14.0. The summed E-state index contributed by atoms with van der Waals surface area (Å²) in [5.41, 5.74) is 1.63. The zero-order chi connectivity index (χ0) is 17.4.